The summed E-state index contributed by atoms with van der Waals surface area (Å²) in [4.78, 5) is 21.1. The molecule has 0 aliphatic carbocycles. The summed E-state index contributed by atoms with van der Waals surface area (Å²) in [6, 6.07) is 17.0. The maximum Gasteiger partial charge on any atom is 0.257 e. The van der Waals surface area contributed by atoms with Gasteiger partial charge in [-0.3, -0.25) is 9.78 Å². The number of benzene rings is 1. The number of amides is 1. The van der Waals surface area contributed by atoms with Crippen LogP contribution in [0.15, 0.2) is 83.9 Å². The predicted octanol–water partition coefficient (Wildman–Crippen LogP) is 4.61. The van der Waals surface area contributed by atoms with E-state index in [1.165, 1.54) is 6.20 Å². The van der Waals surface area contributed by atoms with Gasteiger partial charge in [0.2, 0.25) is 0 Å². The second-order valence-corrected chi connectivity index (χ2v) is 6.83. The van der Waals surface area contributed by atoms with Gasteiger partial charge in [-0.25, -0.2) is 4.98 Å². The molecule has 1 aromatic carbocycles. The first-order chi connectivity index (χ1) is 14.7. The van der Waals surface area contributed by atoms with E-state index in [-0.39, 0.29) is 5.91 Å². The molecule has 0 bridgehead atoms. The molecule has 146 valence electrons. The number of nitrogens with zero attached hydrogens (tertiary/aromatic N) is 4. The highest BCUT2D eigenvalue weighted by Crippen LogP contribution is 2.33. The molecule has 0 spiro atoms. The van der Waals surface area contributed by atoms with Crippen LogP contribution in [0.5, 0.6) is 0 Å². The molecule has 1 amide bonds. The molecule has 7 nitrogen and oxygen atoms in total. The molecular weight excluding hydrogens is 378 g/mol. The van der Waals surface area contributed by atoms with Crippen molar-refractivity contribution in [1.82, 2.24) is 19.5 Å². The molecule has 5 rings (SSSR count). The van der Waals surface area contributed by atoms with Gasteiger partial charge in [0, 0.05) is 42.1 Å². The molecule has 0 saturated carbocycles. The first-order valence-electron chi connectivity index (χ1n) is 9.41. The molecule has 5 aromatic rings. The Kier molecular flexibility index (Phi) is 4.33. The van der Waals surface area contributed by atoms with E-state index < -0.39 is 0 Å². The first kappa shape index (κ1) is 17.8. The van der Waals surface area contributed by atoms with Gasteiger partial charge in [0.25, 0.3) is 5.91 Å². The van der Waals surface area contributed by atoms with Crippen LogP contribution < -0.4 is 5.32 Å². The average Bonchev–Trinajstić information content (AvgIpc) is 3.37. The van der Waals surface area contributed by atoms with Crippen LogP contribution in [0.3, 0.4) is 0 Å². The summed E-state index contributed by atoms with van der Waals surface area (Å²) in [7, 11) is 0. The van der Waals surface area contributed by atoms with Crippen molar-refractivity contribution in [3.63, 3.8) is 0 Å². The number of rotatable bonds is 4. The number of aromatic nitrogens is 4. The molecule has 0 saturated heterocycles. The molecular formula is C23H17N5O2. The number of hydrogen-bond donors (Lipinski definition) is 1. The maximum absolute atomic E-state index is 12.4. The number of imidazole rings is 1. The lowest BCUT2D eigenvalue weighted by molar-refractivity contribution is 0.102. The van der Waals surface area contributed by atoms with Gasteiger partial charge in [-0.15, -0.1) is 0 Å². The topological polar surface area (TPSA) is 85.3 Å². The van der Waals surface area contributed by atoms with Crippen LogP contribution in [0, 0.1) is 6.92 Å². The van der Waals surface area contributed by atoms with E-state index >= 15 is 0 Å². The summed E-state index contributed by atoms with van der Waals surface area (Å²) < 4.78 is 7.36. The van der Waals surface area contributed by atoms with Gasteiger partial charge >= 0.3 is 0 Å². The number of nitrogens with one attached hydrogen (secondary N) is 1. The molecule has 0 aliphatic heterocycles. The molecule has 4 heterocycles. The fraction of sp³-hybridized carbons (Fsp3) is 0.0435. The number of pyridine rings is 2. The lowest BCUT2D eigenvalue weighted by Crippen LogP contribution is -2.12. The smallest absolute Gasteiger partial charge is 0.257 e. The molecule has 7 heteroatoms. The van der Waals surface area contributed by atoms with E-state index in [1.807, 2.05) is 66.2 Å². The second kappa shape index (κ2) is 7.29. The first-order valence-corrected chi connectivity index (χ1v) is 9.41. The van der Waals surface area contributed by atoms with Crippen molar-refractivity contribution in [3.05, 3.63) is 90.7 Å². The van der Waals surface area contributed by atoms with Crippen molar-refractivity contribution >= 4 is 17.2 Å². The minimum absolute atomic E-state index is 0.222. The number of anilines is 1. The number of aryl methyl sites for hydroxylation is 1. The van der Waals surface area contributed by atoms with Crippen molar-refractivity contribution in [2.45, 2.75) is 6.92 Å². The van der Waals surface area contributed by atoms with E-state index in [0.29, 0.717) is 22.7 Å². The van der Waals surface area contributed by atoms with Crippen LogP contribution in [0.25, 0.3) is 28.2 Å². The van der Waals surface area contributed by atoms with Gasteiger partial charge in [-0.1, -0.05) is 35.5 Å². The summed E-state index contributed by atoms with van der Waals surface area (Å²) in [6.07, 6.45) is 6.94. The third-order valence-electron chi connectivity index (χ3n) is 4.81. The van der Waals surface area contributed by atoms with Gasteiger partial charge in [0.1, 0.15) is 17.1 Å². The SMILES string of the molecule is Cc1onc(-c2ccccc2)c1-c1cn2ccc(NC(=O)c3cccnc3)cc2n1. The average molecular weight is 395 g/mol. The van der Waals surface area contributed by atoms with Crippen LogP contribution >= 0.6 is 0 Å². The lowest BCUT2D eigenvalue weighted by atomic mass is 10.0. The molecule has 1 N–H and O–H groups in total. The fourth-order valence-electron chi connectivity index (χ4n) is 3.35. The Hall–Kier alpha value is -4.26. The molecule has 0 fully saturated rings. The summed E-state index contributed by atoms with van der Waals surface area (Å²) in [6.45, 7) is 1.87. The van der Waals surface area contributed by atoms with Gasteiger partial charge in [-0.2, -0.15) is 0 Å². The zero-order chi connectivity index (χ0) is 20.5. The Bertz CT molecular complexity index is 1340. The summed E-state index contributed by atoms with van der Waals surface area (Å²) in [5, 5.41) is 7.12. The molecule has 0 aliphatic rings. The number of carbonyl (C=O) groups is 1. The Morgan fingerprint density at radius 3 is 2.77 bits per heavy atom. The van der Waals surface area contributed by atoms with E-state index in [9.17, 15) is 4.79 Å². The normalized spacial score (nSPS) is 11.0. The minimum Gasteiger partial charge on any atom is -0.360 e. The van der Waals surface area contributed by atoms with E-state index in [4.69, 9.17) is 9.51 Å². The van der Waals surface area contributed by atoms with Crippen LogP contribution in [-0.2, 0) is 0 Å². The van der Waals surface area contributed by atoms with Crippen molar-refractivity contribution in [2.24, 2.45) is 0 Å². The summed E-state index contributed by atoms with van der Waals surface area (Å²) in [5.74, 6) is 0.475. The van der Waals surface area contributed by atoms with Crippen molar-refractivity contribution in [3.8, 4) is 22.5 Å². The van der Waals surface area contributed by atoms with E-state index in [2.05, 4.69) is 15.5 Å². The van der Waals surface area contributed by atoms with Gasteiger partial charge in [-0.05, 0) is 25.1 Å². The number of carbonyl (C=O) groups excluding carboxylic acids is 1. The highest BCUT2D eigenvalue weighted by atomic mass is 16.5. The van der Waals surface area contributed by atoms with Gasteiger partial charge in [0.05, 0.1) is 16.8 Å². The van der Waals surface area contributed by atoms with Crippen LogP contribution in [0.1, 0.15) is 16.1 Å². The molecule has 0 unspecified atom stereocenters. The Morgan fingerprint density at radius 2 is 1.97 bits per heavy atom. The zero-order valence-electron chi connectivity index (χ0n) is 16.1. The standard InChI is InChI=1S/C23H17N5O2/c1-15-21(22(27-30-15)16-6-3-2-4-7-16)19-14-28-11-9-18(12-20(28)26-19)25-23(29)17-8-5-10-24-13-17/h2-14H,1H3,(H,25,29). The molecule has 0 atom stereocenters. The van der Waals surface area contributed by atoms with Crippen molar-refractivity contribution < 1.29 is 9.32 Å². The third-order valence-corrected chi connectivity index (χ3v) is 4.81. The fourth-order valence-corrected chi connectivity index (χ4v) is 3.35. The summed E-state index contributed by atoms with van der Waals surface area (Å²) in [5.41, 5.74) is 5.17. The van der Waals surface area contributed by atoms with Crippen LogP contribution in [0.4, 0.5) is 5.69 Å². The van der Waals surface area contributed by atoms with Crippen molar-refractivity contribution in [1.29, 1.82) is 0 Å². The highest BCUT2D eigenvalue weighted by Gasteiger charge is 2.19. The lowest BCUT2D eigenvalue weighted by Gasteiger charge is -2.05. The molecule has 0 radical (unpaired) electrons. The van der Waals surface area contributed by atoms with Crippen LogP contribution in [-0.4, -0.2) is 25.4 Å². The van der Waals surface area contributed by atoms with E-state index in [0.717, 1.165) is 22.5 Å². The predicted molar refractivity (Wildman–Crippen MR) is 113 cm³/mol. The largest absolute Gasteiger partial charge is 0.360 e. The second-order valence-electron chi connectivity index (χ2n) is 6.83. The van der Waals surface area contributed by atoms with Crippen LogP contribution in [0.2, 0.25) is 0 Å². The van der Waals surface area contributed by atoms with Gasteiger partial charge in [0.15, 0.2) is 0 Å². The number of hydrogen-bond acceptors (Lipinski definition) is 5. The van der Waals surface area contributed by atoms with Crippen molar-refractivity contribution in [2.75, 3.05) is 5.32 Å². The van der Waals surface area contributed by atoms with E-state index in [1.54, 1.807) is 18.3 Å². The van der Waals surface area contributed by atoms with Gasteiger partial charge < -0.3 is 14.2 Å². The zero-order valence-corrected chi connectivity index (χ0v) is 16.1. The Labute approximate surface area is 172 Å². The Morgan fingerprint density at radius 1 is 1.10 bits per heavy atom. The third kappa shape index (κ3) is 3.22. The quantitative estimate of drug-likeness (QED) is 0.480. The number of fused-ring (bicyclic) bond motifs is 1. The highest BCUT2D eigenvalue weighted by molar-refractivity contribution is 6.04. The maximum atomic E-state index is 12.4. The summed E-state index contributed by atoms with van der Waals surface area (Å²) >= 11 is 0. The minimum atomic E-state index is -0.222. The monoisotopic (exact) mass is 395 g/mol. The molecule has 30 heavy (non-hydrogen) atoms. The Balaban J connectivity index is 1.50. The molecule has 4 aromatic heterocycles.